The van der Waals surface area contributed by atoms with Gasteiger partial charge in [0, 0.05) is 24.9 Å². The molecule has 0 spiro atoms. The van der Waals surface area contributed by atoms with Gasteiger partial charge in [-0.3, -0.25) is 9.59 Å². The summed E-state index contributed by atoms with van der Waals surface area (Å²) in [6.07, 6.45) is 6.66. The van der Waals surface area contributed by atoms with E-state index in [1.54, 1.807) is 26.0 Å². The van der Waals surface area contributed by atoms with Crippen LogP contribution in [0.15, 0.2) is 18.5 Å². The number of nitrogens with zero attached hydrogens (tertiary/aromatic N) is 2. The normalized spacial score (nSPS) is 19.4. The Kier molecular flexibility index (Phi) is 7.60. The van der Waals surface area contributed by atoms with E-state index in [-0.39, 0.29) is 36.1 Å². The highest BCUT2D eigenvalue weighted by Gasteiger charge is 2.28. The van der Waals surface area contributed by atoms with Crippen LogP contribution in [0.1, 0.15) is 60.1 Å². The zero-order valence-corrected chi connectivity index (χ0v) is 22.0. The van der Waals surface area contributed by atoms with E-state index in [0.717, 1.165) is 38.5 Å². The van der Waals surface area contributed by atoms with Gasteiger partial charge in [-0.15, -0.1) is 0 Å². The molecule has 2 saturated carbocycles. The van der Waals surface area contributed by atoms with Gasteiger partial charge in [-0.05, 0) is 69.9 Å². The number of carbonyl (C=O) groups excluding carboxylic acids is 2. The Morgan fingerprint density at radius 2 is 1.76 bits per heavy atom. The Labute approximate surface area is 220 Å². The fraction of sp³-hybridized carbons (Fsp3) is 0.500. The van der Waals surface area contributed by atoms with Crippen molar-refractivity contribution >= 4 is 22.8 Å². The number of aryl methyl sites for hydroxylation is 2. The molecular weight excluding hydrogens is 489 g/mol. The predicted molar refractivity (Wildman–Crippen MR) is 141 cm³/mol. The lowest BCUT2D eigenvalue weighted by atomic mass is 9.91. The van der Waals surface area contributed by atoms with Gasteiger partial charge in [-0.1, -0.05) is 6.07 Å². The summed E-state index contributed by atoms with van der Waals surface area (Å²) in [5.41, 5.74) is 3.14. The molecule has 0 radical (unpaired) electrons. The number of rotatable bonds is 9. The summed E-state index contributed by atoms with van der Waals surface area (Å²) >= 11 is 0. The Balaban J connectivity index is 1.37. The number of hydrogen-bond acceptors (Lipinski definition) is 6. The molecule has 1 aromatic carbocycles. The summed E-state index contributed by atoms with van der Waals surface area (Å²) < 4.78 is 26.4. The molecule has 38 heavy (non-hydrogen) atoms. The van der Waals surface area contributed by atoms with Crippen molar-refractivity contribution in [3.05, 3.63) is 41.1 Å². The Hall–Kier alpha value is -3.53. The maximum absolute atomic E-state index is 15.5. The van der Waals surface area contributed by atoms with Gasteiger partial charge in [-0.25, -0.2) is 14.4 Å². The van der Waals surface area contributed by atoms with Crippen molar-refractivity contribution in [2.45, 2.75) is 64.5 Å². The van der Waals surface area contributed by atoms with E-state index in [4.69, 9.17) is 9.47 Å². The molecule has 2 aliphatic rings. The molecule has 3 aromatic rings. The van der Waals surface area contributed by atoms with Crippen LogP contribution in [0.5, 0.6) is 5.75 Å². The zero-order chi connectivity index (χ0) is 26.8. The number of methoxy groups -OCH3 is 1. The van der Waals surface area contributed by atoms with Crippen LogP contribution in [0, 0.1) is 25.6 Å². The van der Waals surface area contributed by atoms with Gasteiger partial charge < -0.3 is 25.1 Å². The van der Waals surface area contributed by atoms with Crippen LogP contribution in [0.25, 0.3) is 22.3 Å². The van der Waals surface area contributed by atoms with E-state index in [1.165, 1.54) is 13.4 Å². The van der Waals surface area contributed by atoms with Crippen molar-refractivity contribution in [3.63, 3.8) is 0 Å². The first-order valence-electron chi connectivity index (χ1n) is 13.2. The van der Waals surface area contributed by atoms with Crippen LogP contribution in [0.2, 0.25) is 0 Å². The number of hydrogen-bond donors (Lipinski definition) is 3. The maximum atomic E-state index is 15.5. The zero-order valence-electron chi connectivity index (χ0n) is 22.0. The highest BCUT2D eigenvalue weighted by Crippen LogP contribution is 2.39. The summed E-state index contributed by atoms with van der Waals surface area (Å²) in [5, 5.41) is 6.10. The number of amides is 2. The largest absolute Gasteiger partial charge is 0.492 e. The molecule has 0 saturated heterocycles. The summed E-state index contributed by atoms with van der Waals surface area (Å²) in [6.45, 7) is 4.10. The lowest BCUT2D eigenvalue weighted by Crippen LogP contribution is -2.44. The lowest BCUT2D eigenvalue weighted by molar-refractivity contribution is -0.125. The third kappa shape index (κ3) is 5.50. The maximum Gasteiger partial charge on any atom is 0.255 e. The quantitative estimate of drug-likeness (QED) is 0.391. The summed E-state index contributed by atoms with van der Waals surface area (Å²) in [5.74, 6) is 0.187. The van der Waals surface area contributed by atoms with E-state index in [0.29, 0.717) is 51.8 Å². The first kappa shape index (κ1) is 26.1. The first-order valence-corrected chi connectivity index (χ1v) is 13.2. The van der Waals surface area contributed by atoms with Gasteiger partial charge in [0.05, 0.1) is 23.3 Å². The number of aromatic amines is 1. The van der Waals surface area contributed by atoms with E-state index in [9.17, 15) is 9.59 Å². The van der Waals surface area contributed by atoms with Gasteiger partial charge in [-0.2, -0.15) is 0 Å². The number of ether oxygens (including phenoxy) is 2. The lowest BCUT2D eigenvalue weighted by Gasteiger charge is -2.29. The molecular formula is C28H34FN5O4. The standard InChI is InChI=1S/C28H34FN5O4/c1-15-4-11-20(38-12-17-5-6-17)23(24(15)29)26-27-25(30-14-31-26)22(16(2)32-27)28(36)34-19-9-7-18(8-10-19)33-21(35)13-37-3/h4,11,14,17-19,32H,5-10,12-13H2,1-3H3,(H,33,35)(H,34,36). The predicted octanol–water partition coefficient (Wildman–Crippen LogP) is 3.97. The third-order valence-electron chi connectivity index (χ3n) is 7.41. The molecule has 5 rings (SSSR count). The second-order valence-corrected chi connectivity index (χ2v) is 10.4. The molecule has 2 aliphatic carbocycles. The molecule has 10 heteroatoms. The highest BCUT2D eigenvalue weighted by atomic mass is 19.1. The van der Waals surface area contributed by atoms with Gasteiger partial charge >= 0.3 is 0 Å². The number of fused-ring (bicyclic) bond motifs is 1. The number of H-pyrrole nitrogens is 1. The summed E-state index contributed by atoms with van der Waals surface area (Å²) in [6, 6.07) is 3.55. The van der Waals surface area contributed by atoms with Gasteiger partial charge in [0.2, 0.25) is 5.91 Å². The number of aromatic nitrogens is 3. The fourth-order valence-electron chi connectivity index (χ4n) is 5.12. The molecule has 3 N–H and O–H groups in total. The monoisotopic (exact) mass is 523 g/mol. The first-order chi connectivity index (χ1) is 18.4. The second kappa shape index (κ2) is 11.1. The molecule has 2 heterocycles. The summed E-state index contributed by atoms with van der Waals surface area (Å²) in [7, 11) is 1.49. The molecule has 2 amide bonds. The number of carbonyl (C=O) groups is 2. The minimum atomic E-state index is -0.397. The molecule has 0 bridgehead atoms. The smallest absolute Gasteiger partial charge is 0.255 e. The third-order valence-corrected chi connectivity index (χ3v) is 7.41. The van der Waals surface area contributed by atoms with Crippen molar-refractivity contribution in [2.75, 3.05) is 20.3 Å². The van der Waals surface area contributed by atoms with Crippen LogP contribution in [-0.4, -0.2) is 59.2 Å². The second-order valence-electron chi connectivity index (χ2n) is 10.4. The van der Waals surface area contributed by atoms with Gasteiger partial charge in [0.1, 0.15) is 35.7 Å². The van der Waals surface area contributed by atoms with Crippen molar-refractivity contribution in [1.82, 2.24) is 25.6 Å². The Bertz CT molecular complexity index is 1340. The summed E-state index contributed by atoms with van der Waals surface area (Å²) in [4.78, 5) is 37.3. The molecule has 9 nitrogen and oxygen atoms in total. The SMILES string of the molecule is COCC(=O)NC1CCC(NC(=O)c2c(C)[nH]c3c(-c4c(OCC5CC5)ccc(C)c4F)ncnc23)CC1. The van der Waals surface area contributed by atoms with E-state index < -0.39 is 5.82 Å². The van der Waals surface area contributed by atoms with Crippen LogP contribution in [0.3, 0.4) is 0 Å². The molecule has 202 valence electrons. The van der Waals surface area contributed by atoms with Crippen molar-refractivity contribution in [2.24, 2.45) is 5.92 Å². The van der Waals surface area contributed by atoms with E-state index >= 15 is 4.39 Å². The van der Waals surface area contributed by atoms with Crippen LogP contribution < -0.4 is 15.4 Å². The van der Waals surface area contributed by atoms with Crippen LogP contribution in [-0.2, 0) is 9.53 Å². The minimum Gasteiger partial charge on any atom is -0.492 e. The Morgan fingerprint density at radius 3 is 2.45 bits per heavy atom. The van der Waals surface area contributed by atoms with E-state index in [2.05, 4.69) is 25.6 Å². The minimum absolute atomic E-state index is 0.0135. The van der Waals surface area contributed by atoms with Crippen molar-refractivity contribution < 1.29 is 23.5 Å². The van der Waals surface area contributed by atoms with Crippen molar-refractivity contribution in [1.29, 1.82) is 0 Å². The fourth-order valence-corrected chi connectivity index (χ4v) is 5.12. The van der Waals surface area contributed by atoms with Gasteiger partial charge in [0.25, 0.3) is 5.91 Å². The van der Waals surface area contributed by atoms with Crippen LogP contribution >= 0.6 is 0 Å². The van der Waals surface area contributed by atoms with Gasteiger partial charge in [0.15, 0.2) is 0 Å². The topological polar surface area (TPSA) is 118 Å². The molecule has 2 fully saturated rings. The molecule has 0 unspecified atom stereocenters. The Morgan fingerprint density at radius 1 is 1.05 bits per heavy atom. The molecule has 0 atom stereocenters. The number of nitrogens with one attached hydrogen (secondary N) is 3. The highest BCUT2D eigenvalue weighted by molar-refractivity contribution is 6.09. The molecule has 2 aromatic heterocycles. The van der Waals surface area contributed by atoms with Crippen LogP contribution in [0.4, 0.5) is 4.39 Å². The molecule has 0 aliphatic heterocycles. The van der Waals surface area contributed by atoms with Crippen molar-refractivity contribution in [3.8, 4) is 17.0 Å². The van der Waals surface area contributed by atoms with E-state index in [1.807, 2.05) is 0 Å². The number of halogens is 1. The average molecular weight is 524 g/mol. The average Bonchev–Trinajstić information content (AvgIpc) is 3.65. The number of benzene rings is 1.